The minimum absolute atomic E-state index is 0.0600. The summed E-state index contributed by atoms with van der Waals surface area (Å²) in [4.78, 5) is 24.9. The zero-order valence-corrected chi connectivity index (χ0v) is 12.8. The number of hydrogen-bond acceptors (Lipinski definition) is 3. The molecule has 2 aromatic carbocycles. The molecule has 0 radical (unpaired) electrons. The highest BCUT2D eigenvalue weighted by atomic mass is 16.3. The van der Waals surface area contributed by atoms with Crippen molar-refractivity contribution >= 4 is 22.4 Å². The Kier molecular flexibility index (Phi) is 3.62. The number of carbonyl (C=O) groups is 1. The molecular weight excluding hydrogens is 292 g/mol. The van der Waals surface area contributed by atoms with E-state index in [0.717, 1.165) is 5.56 Å². The number of hydrogen-bond donors (Lipinski definition) is 2. The fourth-order valence-electron chi connectivity index (χ4n) is 2.62. The molecule has 0 fully saturated rings. The minimum atomic E-state index is -0.529. The average molecular weight is 308 g/mol. The number of pyridine rings is 1. The molecule has 116 valence electrons. The molecule has 3 aromatic rings. The summed E-state index contributed by atoms with van der Waals surface area (Å²) >= 11 is 0. The molecule has 1 amide bonds. The number of fused-ring (bicyclic) bond motifs is 1. The van der Waals surface area contributed by atoms with Crippen molar-refractivity contribution in [3.8, 4) is 5.75 Å². The second-order valence-electron chi connectivity index (χ2n) is 5.43. The fourth-order valence-corrected chi connectivity index (χ4v) is 2.62. The van der Waals surface area contributed by atoms with Crippen LogP contribution in [-0.2, 0) is 7.05 Å². The van der Waals surface area contributed by atoms with Crippen molar-refractivity contribution in [2.45, 2.75) is 6.92 Å². The number of aromatic nitrogens is 1. The summed E-state index contributed by atoms with van der Waals surface area (Å²) < 4.78 is 1.17. The number of anilines is 1. The van der Waals surface area contributed by atoms with Crippen LogP contribution in [0.25, 0.3) is 10.8 Å². The van der Waals surface area contributed by atoms with E-state index in [4.69, 9.17) is 0 Å². The van der Waals surface area contributed by atoms with E-state index in [1.807, 2.05) is 25.1 Å². The van der Waals surface area contributed by atoms with Gasteiger partial charge < -0.3 is 15.0 Å². The number of rotatable bonds is 2. The monoisotopic (exact) mass is 308 g/mol. The van der Waals surface area contributed by atoms with Crippen LogP contribution < -0.4 is 10.9 Å². The normalized spacial score (nSPS) is 10.7. The Hall–Kier alpha value is -3.08. The summed E-state index contributed by atoms with van der Waals surface area (Å²) in [6, 6.07) is 14.0. The minimum Gasteiger partial charge on any atom is -0.505 e. The van der Waals surface area contributed by atoms with E-state index < -0.39 is 5.91 Å². The summed E-state index contributed by atoms with van der Waals surface area (Å²) in [5, 5.41) is 13.9. The number of nitrogens with zero attached hydrogens (tertiary/aromatic N) is 1. The Morgan fingerprint density at radius 2 is 1.78 bits per heavy atom. The van der Waals surface area contributed by atoms with Crippen molar-refractivity contribution in [3.05, 3.63) is 70.1 Å². The van der Waals surface area contributed by atoms with Gasteiger partial charge in [-0.1, -0.05) is 30.3 Å². The topological polar surface area (TPSA) is 71.3 Å². The van der Waals surface area contributed by atoms with E-state index >= 15 is 0 Å². The summed E-state index contributed by atoms with van der Waals surface area (Å²) in [5.41, 5.74) is 1.22. The summed E-state index contributed by atoms with van der Waals surface area (Å²) in [6.07, 6.45) is 0. The van der Waals surface area contributed by atoms with E-state index in [9.17, 15) is 14.7 Å². The summed E-state index contributed by atoms with van der Waals surface area (Å²) in [7, 11) is 1.47. The Morgan fingerprint density at radius 1 is 1.09 bits per heavy atom. The lowest BCUT2D eigenvalue weighted by Gasteiger charge is -2.13. The van der Waals surface area contributed by atoms with Gasteiger partial charge in [-0.3, -0.25) is 9.59 Å². The quantitative estimate of drug-likeness (QED) is 0.764. The van der Waals surface area contributed by atoms with Crippen LogP contribution in [-0.4, -0.2) is 15.6 Å². The van der Waals surface area contributed by atoms with E-state index in [1.54, 1.807) is 30.3 Å². The largest absolute Gasteiger partial charge is 0.505 e. The molecule has 0 aliphatic rings. The third-order valence-electron chi connectivity index (χ3n) is 3.77. The van der Waals surface area contributed by atoms with Crippen LogP contribution in [0.3, 0.4) is 0 Å². The molecule has 0 atom stereocenters. The molecule has 0 unspecified atom stereocenters. The summed E-state index contributed by atoms with van der Waals surface area (Å²) in [6.45, 7) is 1.92. The first-order valence-corrected chi connectivity index (χ1v) is 7.17. The second kappa shape index (κ2) is 5.61. The molecule has 0 aliphatic heterocycles. The zero-order chi connectivity index (χ0) is 16.6. The van der Waals surface area contributed by atoms with Gasteiger partial charge in [-0.25, -0.2) is 0 Å². The number of amides is 1. The first-order chi connectivity index (χ1) is 11.0. The third kappa shape index (κ3) is 2.57. The average Bonchev–Trinajstić information content (AvgIpc) is 2.53. The highest BCUT2D eigenvalue weighted by Gasteiger charge is 2.20. The number of benzene rings is 2. The Bertz CT molecular complexity index is 974. The van der Waals surface area contributed by atoms with Gasteiger partial charge >= 0.3 is 0 Å². The van der Waals surface area contributed by atoms with Gasteiger partial charge in [0.1, 0.15) is 0 Å². The molecule has 0 bridgehead atoms. The first-order valence-electron chi connectivity index (χ1n) is 7.17. The van der Waals surface area contributed by atoms with E-state index in [1.165, 1.54) is 11.6 Å². The maximum absolute atomic E-state index is 12.5. The molecule has 5 nitrogen and oxygen atoms in total. The van der Waals surface area contributed by atoms with Crippen LogP contribution in [0, 0.1) is 6.92 Å². The number of aryl methyl sites for hydroxylation is 1. The Balaban J connectivity index is 2.12. The zero-order valence-electron chi connectivity index (χ0n) is 12.8. The molecule has 0 saturated carbocycles. The first kappa shape index (κ1) is 14.8. The molecule has 0 aliphatic carbocycles. The van der Waals surface area contributed by atoms with E-state index in [-0.39, 0.29) is 17.0 Å². The highest BCUT2D eigenvalue weighted by Crippen LogP contribution is 2.26. The number of aromatic hydroxyl groups is 1. The molecule has 3 rings (SSSR count). The maximum Gasteiger partial charge on any atom is 0.276 e. The molecule has 1 aromatic heterocycles. The predicted octanol–water partition coefficient (Wildman–Crippen LogP) is 2.80. The highest BCUT2D eigenvalue weighted by molar-refractivity contribution is 6.08. The Morgan fingerprint density at radius 3 is 2.48 bits per heavy atom. The van der Waals surface area contributed by atoms with Crippen molar-refractivity contribution in [2.24, 2.45) is 7.05 Å². The van der Waals surface area contributed by atoms with Gasteiger partial charge in [-0.05, 0) is 30.7 Å². The van der Waals surface area contributed by atoms with Gasteiger partial charge in [0, 0.05) is 18.1 Å². The van der Waals surface area contributed by atoms with Crippen molar-refractivity contribution in [2.75, 3.05) is 5.32 Å². The number of nitrogens with one attached hydrogen (secondary N) is 1. The van der Waals surface area contributed by atoms with Gasteiger partial charge in [-0.2, -0.15) is 0 Å². The molecule has 0 spiro atoms. The van der Waals surface area contributed by atoms with Gasteiger partial charge in [0.2, 0.25) is 0 Å². The molecule has 23 heavy (non-hydrogen) atoms. The SMILES string of the molecule is Cc1cccc(NC(=O)c2c(O)c3ccccc3c(=O)n2C)c1. The van der Waals surface area contributed by atoms with E-state index in [2.05, 4.69) is 5.32 Å². The van der Waals surface area contributed by atoms with Gasteiger partial charge in [0.15, 0.2) is 11.4 Å². The maximum atomic E-state index is 12.5. The van der Waals surface area contributed by atoms with Gasteiger partial charge in [0.25, 0.3) is 11.5 Å². The van der Waals surface area contributed by atoms with Crippen LogP contribution in [0.4, 0.5) is 5.69 Å². The molecule has 5 heteroatoms. The van der Waals surface area contributed by atoms with Crippen molar-refractivity contribution < 1.29 is 9.90 Å². The number of carbonyl (C=O) groups excluding carboxylic acids is 1. The van der Waals surface area contributed by atoms with Crippen molar-refractivity contribution in [1.29, 1.82) is 0 Å². The predicted molar refractivity (Wildman–Crippen MR) is 90.0 cm³/mol. The third-order valence-corrected chi connectivity index (χ3v) is 3.77. The molecule has 2 N–H and O–H groups in total. The summed E-state index contributed by atoms with van der Waals surface area (Å²) in [5.74, 6) is -0.730. The molecule has 1 heterocycles. The lowest BCUT2D eigenvalue weighted by molar-refractivity contribution is 0.101. The lowest BCUT2D eigenvalue weighted by atomic mass is 10.1. The van der Waals surface area contributed by atoms with Gasteiger partial charge in [0.05, 0.1) is 5.39 Å². The molecular formula is C18H16N2O3. The van der Waals surface area contributed by atoms with Crippen molar-refractivity contribution in [3.63, 3.8) is 0 Å². The van der Waals surface area contributed by atoms with Crippen LogP contribution in [0.1, 0.15) is 16.1 Å². The van der Waals surface area contributed by atoms with E-state index in [0.29, 0.717) is 16.5 Å². The van der Waals surface area contributed by atoms with Crippen molar-refractivity contribution in [1.82, 2.24) is 4.57 Å². The van der Waals surface area contributed by atoms with Crippen LogP contribution in [0.15, 0.2) is 53.3 Å². The van der Waals surface area contributed by atoms with Crippen LogP contribution >= 0.6 is 0 Å². The lowest BCUT2D eigenvalue weighted by Crippen LogP contribution is -2.26. The van der Waals surface area contributed by atoms with Gasteiger partial charge in [-0.15, -0.1) is 0 Å². The fraction of sp³-hybridized carbons (Fsp3) is 0.111. The van der Waals surface area contributed by atoms with Crippen LogP contribution in [0.5, 0.6) is 5.75 Å². The standard InChI is InChI=1S/C18H16N2O3/c1-11-6-5-7-12(10-11)19-17(22)15-16(21)13-8-3-4-9-14(13)18(23)20(15)2/h3-10,21H,1-2H3,(H,19,22). The smallest absolute Gasteiger partial charge is 0.276 e. The second-order valence-corrected chi connectivity index (χ2v) is 5.43. The van der Waals surface area contributed by atoms with Crippen LogP contribution in [0.2, 0.25) is 0 Å². The molecule has 0 saturated heterocycles. The Labute approximate surface area is 132 Å².